The molecule has 4 nitrogen and oxygen atoms in total. The van der Waals surface area contributed by atoms with Gasteiger partial charge in [-0.25, -0.2) is 4.39 Å². The average molecular weight is 255 g/mol. The van der Waals surface area contributed by atoms with Gasteiger partial charge in [-0.2, -0.15) is 0 Å². The van der Waals surface area contributed by atoms with Gasteiger partial charge in [0.25, 0.3) is 0 Å². The van der Waals surface area contributed by atoms with Crippen LogP contribution in [0.5, 0.6) is 5.75 Å². The van der Waals surface area contributed by atoms with Gasteiger partial charge in [0.1, 0.15) is 23.7 Å². The lowest BCUT2D eigenvalue weighted by molar-refractivity contribution is -0.145. The molecular weight excluding hydrogens is 237 g/mol. The van der Waals surface area contributed by atoms with Crippen molar-refractivity contribution in [3.63, 3.8) is 0 Å². The molecule has 0 aliphatic rings. The van der Waals surface area contributed by atoms with E-state index in [1.54, 1.807) is 6.07 Å². The van der Waals surface area contributed by atoms with Crippen LogP contribution in [-0.2, 0) is 4.79 Å². The van der Waals surface area contributed by atoms with Crippen LogP contribution in [0.4, 0.5) is 4.39 Å². The Morgan fingerprint density at radius 2 is 2.22 bits per heavy atom. The molecule has 1 aromatic carbocycles. The molecular formula is C13H18FNO3. The minimum Gasteiger partial charge on any atom is -0.491 e. The lowest BCUT2D eigenvalue weighted by Crippen LogP contribution is -2.56. The monoisotopic (exact) mass is 255 g/mol. The Hall–Kier alpha value is -1.62. The van der Waals surface area contributed by atoms with E-state index in [0.717, 1.165) is 0 Å². The molecule has 0 saturated carbocycles. The highest BCUT2D eigenvalue weighted by atomic mass is 19.1. The SMILES string of the molecule is CC(C)NC(C)(COc1cccc(F)c1)C(=O)O. The standard InChI is InChI=1S/C13H18FNO3/c1-9(2)15-13(3,12(16)17)8-18-11-6-4-5-10(14)7-11/h4-7,9,15H,8H2,1-3H3,(H,16,17). The summed E-state index contributed by atoms with van der Waals surface area (Å²) in [4.78, 5) is 11.2. The Balaban J connectivity index is 2.71. The van der Waals surface area contributed by atoms with Gasteiger partial charge in [-0.05, 0) is 32.9 Å². The summed E-state index contributed by atoms with van der Waals surface area (Å²) in [5.41, 5.74) is -1.21. The number of carboxylic acids is 1. The van der Waals surface area contributed by atoms with Gasteiger partial charge in [-0.15, -0.1) is 0 Å². The van der Waals surface area contributed by atoms with E-state index in [-0.39, 0.29) is 12.6 Å². The predicted octanol–water partition coefficient (Wildman–Crippen LogP) is 2.05. The fourth-order valence-electron chi connectivity index (χ4n) is 1.59. The van der Waals surface area contributed by atoms with E-state index in [4.69, 9.17) is 4.74 Å². The number of carbonyl (C=O) groups is 1. The Kier molecular flexibility index (Phi) is 4.67. The van der Waals surface area contributed by atoms with E-state index in [0.29, 0.717) is 5.75 Å². The second-order valence-corrected chi connectivity index (χ2v) is 4.68. The molecule has 1 atom stereocenters. The first-order chi connectivity index (χ1) is 8.33. The predicted molar refractivity (Wildman–Crippen MR) is 66.2 cm³/mol. The zero-order valence-corrected chi connectivity index (χ0v) is 10.7. The molecule has 0 radical (unpaired) electrons. The van der Waals surface area contributed by atoms with Crippen LogP contribution in [0.25, 0.3) is 0 Å². The smallest absolute Gasteiger partial charge is 0.327 e. The van der Waals surface area contributed by atoms with Crippen molar-refractivity contribution in [1.29, 1.82) is 0 Å². The van der Waals surface area contributed by atoms with E-state index in [1.807, 2.05) is 13.8 Å². The molecule has 0 heterocycles. The molecule has 1 unspecified atom stereocenters. The Bertz CT molecular complexity index is 422. The first-order valence-electron chi connectivity index (χ1n) is 5.73. The second-order valence-electron chi connectivity index (χ2n) is 4.68. The number of rotatable bonds is 6. The van der Waals surface area contributed by atoms with Crippen molar-refractivity contribution < 1.29 is 19.0 Å². The fourth-order valence-corrected chi connectivity index (χ4v) is 1.59. The Labute approximate surface area is 106 Å². The van der Waals surface area contributed by atoms with E-state index in [1.165, 1.54) is 25.1 Å². The highest BCUT2D eigenvalue weighted by Gasteiger charge is 2.34. The molecule has 0 saturated heterocycles. The molecule has 0 bridgehead atoms. The third kappa shape index (κ3) is 4.00. The average Bonchev–Trinajstić information content (AvgIpc) is 2.25. The molecule has 1 rings (SSSR count). The molecule has 18 heavy (non-hydrogen) atoms. The number of halogens is 1. The highest BCUT2D eigenvalue weighted by molar-refractivity contribution is 5.78. The molecule has 1 aromatic rings. The van der Waals surface area contributed by atoms with Crippen LogP contribution in [0.3, 0.4) is 0 Å². The molecule has 0 aromatic heterocycles. The number of carboxylic acid groups (broad SMARTS) is 1. The van der Waals surface area contributed by atoms with Crippen LogP contribution in [-0.4, -0.2) is 29.3 Å². The molecule has 2 N–H and O–H groups in total. The number of hydrogen-bond donors (Lipinski definition) is 2. The zero-order valence-electron chi connectivity index (χ0n) is 10.7. The highest BCUT2D eigenvalue weighted by Crippen LogP contribution is 2.15. The van der Waals surface area contributed by atoms with Gasteiger partial charge in [0.05, 0.1) is 0 Å². The second kappa shape index (κ2) is 5.82. The molecule has 0 fully saturated rings. The van der Waals surface area contributed by atoms with Crippen molar-refractivity contribution >= 4 is 5.97 Å². The molecule has 0 aliphatic carbocycles. The van der Waals surface area contributed by atoms with Crippen LogP contribution < -0.4 is 10.1 Å². The number of hydrogen-bond acceptors (Lipinski definition) is 3. The van der Waals surface area contributed by atoms with Crippen LogP contribution in [0.15, 0.2) is 24.3 Å². The molecule has 100 valence electrons. The fraction of sp³-hybridized carbons (Fsp3) is 0.462. The minimum absolute atomic E-state index is 0.00205. The van der Waals surface area contributed by atoms with Gasteiger partial charge in [0.15, 0.2) is 0 Å². The van der Waals surface area contributed by atoms with Crippen LogP contribution >= 0.6 is 0 Å². The number of benzene rings is 1. The van der Waals surface area contributed by atoms with Gasteiger partial charge < -0.3 is 9.84 Å². The summed E-state index contributed by atoms with van der Waals surface area (Å²) in [5, 5.41) is 12.1. The van der Waals surface area contributed by atoms with Crippen molar-refractivity contribution in [2.45, 2.75) is 32.4 Å². The number of ether oxygens (including phenoxy) is 1. The van der Waals surface area contributed by atoms with Crippen LogP contribution in [0.1, 0.15) is 20.8 Å². The maximum Gasteiger partial charge on any atom is 0.327 e. The Morgan fingerprint density at radius 3 is 2.72 bits per heavy atom. The maximum atomic E-state index is 12.9. The van der Waals surface area contributed by atoms with E-state index in [9.17, 15) is 14.3 Å². The van der Waals surface area contributed by atoms with E-state index in [2.05, 4.69) is 5.32 Å². The van der Waals surface area contributed by atoms with Gasteiger partial charge in [-0.3, -0.25) is 10.1 Å². The normalized spacial score (nSPS) is 14.3. The summed E-state index contributed by atoms with van der Waals surface area (Å²) in [5.74, 6) is -1.11. The molecule has 5 heteroatoms. The topological polar surface area (TPSA) is 58.6 Å². The van der Waals surface area contributed by atoms with Crippen molar-refractivity contribution in [2.24, 2.45) is 0 Å². The lowest BCUT2D eigenvalue weighted by atomic mass is 10.0. The Morgan fingerprint density at radius 1 is 1.56 bits per heavy atom. The number of aliphatic carboxylic acids is 1. The zero-order chi connectivity index (χ0) is 13.8. The van der Waals surface area contributed by atoms with Crippen LogP contribution in [0, 0.1) is 5.82 Å². The van der Waals surface area contributed by atoms with E-state index >= 15 is 0 Å². The maximum absolute atomic E-state index is 12.9. The minimum atomic E-state index is -1.21. The largest absolute Gasteiger partial charge is 0.491 e. The summed E-state index contributed by atoms with van der Waals surface area (Å²) in [6.45, 7) is 5.16. The molecule has 0 spiro atoms. The first kappa shape index (κ1) is 14.4. The van der Waals surface area contributed by atoms with Crippen molar-refractivity contribution in [3.05, 3.63) is 30.1 Å². The van der Waals surface area contributed by atoms with Gasteiger partial charge >= 0.3 is 5.97 Å². The van der Waals surface area contributed by atoms with Gasteiger partial charge in [0.2, 0.25) is 0 Å². The van der Waals surface area contributed by atoms with Crippen molar-refractivity contribution in [2.75, 3.05) is 6.61 Å². The van der Waals surface area contributed by atoms with E-state index < -0.39 is 17.3 Å². The molecule has 0 aliphatic heterocycles. The summed E-state index contributed by atoms with van der Waals surface area (Å²) in [6.07, 6.45) is 0. The summed E-state index contributed by atoms with van der Waals surface area (Å²) >= 11 is 0. The molecule has 0 amide bonds. The summed E-state index contributed by atoms with van der Waals surface area (Å²) in [7, 11) is 0. The first-order valence-corrected chi connectivity index (χ1v) is 5.73. The van der Waals surface area contributed by atoms with Gasteiger partial charge in [0, 0.05) is 12.1 Å². The number of nitrogens with one attached hydrogen (secondary N) is 1. The van der Waals surface area contributed by atoms with Crippen LogP contribution in [0.2, 0.25) is 0 Å². The van der Waals surface area contributed by atoms with Crippen molar-refractivity contribution in [1.82, 2.24) is 5.32 Å². The van der Waals surface area contributed by atoms with Crippen molar-refractivity contribution in [3.8, 4) is 5.75 Å². The lowest BCUT2D eigenvalue weighted by Gasteiger charge is -2.28. The quantitative estimate of drug-likeness (QED) is 0.816. The summed E-state index contributed by atoms with van der Waals surface area (Å²) < 4.78 is 18.3. The van der Waals surface area contributed by atoms with Gasteiger partial charge in [-0.1, -0.05) is 6.07 Å². The summed E-state index contributed by atoms with van der Waals surface area (Å²) in [6, 6.07) is 5.62. The third-order valence-electron chi connectivity index (χ3n) is 2.40. The third-order valence-corrected chi connectivity index (χ3v) is 2.40.